The van der Waals surface area contributed by atoms with Crippen LogP contribution in [0.5, 0.6) is 0 Å². The number of hydrogen-bond acceptors (Lipinski definition) is 3. The van der Waals surface area contributed by atoms with Gasteiger partial charge in [-0.1, -0.05) is 12.1 Å². The molecular formula is C17H23BrN2S. The van der Waals surface area contributed by atoms with Crippen LogP contribution in [0.1, 0.15) is 31.2 Å². The van der Waals surface area contributed by atoms with Gasteiger partial charge in [-0.2, -0.15) is 0 Å². The van der Waals surface area contributed by atoms with Gasteiger partial charge in [-0.05, 0) is 72.3 Å². The molecule has 2 aromatic rings. The van der Waals surface area contributed by atoms with Gasteiger partial charge in [-0.15, -0.1) is 11.3 Å². The Morgan fingerprint density at radius 1 is 1.24 bits per heavy atom. The topological polar surface area (TPSA) is 29.3 Å². The van der Waals surface area contributed by atoms with Crippen molar-refractivity contribution in [1.82, 2.24) is 0 Å². The minimum atomic E-state index is 0.190. The number of anilines is 1. The number of hydrogen-bond donors (Lipinski definition) is 1. The van der Waals surface area contributed by atoms with E-state index in [-0.39, 0.29) is 6.04 Å². The SMILES string of the molecule is CC(N)Cc1ccc(N(Cc2cccs2)C(C)C)c(Br)c1. The van der Waals surface area contributed by atoms with Crippen LogP contribution in [-0.2, 0) is 13.0 Å². The molecule has 114 valence electrons. The fourth-order valence-corrected chi connectivity index (χ4v) is 3.76. The standard InChI is InChI=1S/C17H23BrN2S/c1-12(2)20(11-15-5-4-8-21-15)17-7-6-14(9-13(3)19)10-16(17)18/h4-8,10,12-13H,9,11,19H2,1-3H3. The fraction of sp³-hybridized carbons (Fsp3) is 0.412. The van der Waals surface area contributed by atoms with E-state index in [2.05, 4.69) is 70.4 Å². The first kappa shape index (κ1) is 16.5. The molecule has 1 unspecified atom stereocenters. The van der Waals surface area contributed by atoms with E-state index in [1.807, 2.05) is 18.3 Å². The van der Waals surface area contributed by atoms with E-state index in [4.69, 9.17) is 5.73 Å². The summed E-state index contributed by atoms with van der Waals surface area (Å²) in [5.74, 6) is 0. The average Bonchev–Trinajstić information content (AvgIpc) is 2.88. The molecule has 0 spiro atoms. The molecular weight excluding hydrogens is 344 g/mol. The zero-order valence-corrected chi connectivity index (χ0v) is 15.2. The second-order valence-corrected chi connectivity index (χ2v) is 7.65. The summed E-state index contributed by atoms with van der Waals surface area (Å²) >= 11 is 5.54. The summed E-state index contributed by atoms with van der Waals surface area (Å²) in [7, 11) is 0. The normalized spacial score (nSPS) is 12.7. The van der Waals surface area contributed by atoms with Crippen LogP contribution in [0.25, 0.3) is 0 Å². The molecule has 1 aromatic heterocycles. The van der Waals surface area contributed by atoms with E-state index in [9.17, 15) is 0 Å². The Kier molecular flexibility index (Phi) is 5.85. The Labute approximate surface area is 140 Å². The molecule has 1 heterocycles. The summed E-state index contributed by atoms with van der Waals surface area (Å²) in [6, 6.07) is 11.5. The highest BCUT2D eigenvalue weighted by atomic mass is 79.9. The Bertz CT molecular complexity index is 564. The Morgan fingerprint density at radius 2 is 2.00 bits per heavy atom. The zero-order chi connectivity index (χ0) is 15.4. The lowest BCUT2D eigenvalue weighted by atomic mass is 10.1. The Morgan fingerprint density at radius 3 is 2.52 bits per heavy atom. The van der Waals surface area contributed by atoms with E-state index in [1.54, 1.807) is 0 Å². The van der Waals surface area contributed by atoms with Crippen LogP contribution in [-0.4, -0.2) is 12.1 Å². The van der Waals surface area contributed by atoms with Crippen LogP contribution >= 0.6 is 27.3 Å². The second kappa shape index (κ2) is 7.43. The highest BCUT2D eigenvalue weighted by Gasteiger charge is 2.15. The average molecular weight is 367 g/mol. The molecule has 0 aliphatic carbocycles. The lowest BCUT2D eigenvalue weighted by Crippen LogP contribution is -2.30. The number of rotatable bonds is 6. The molecule has 2 nitrogen and oxygen atoms in total. The van der Waals surface area contributed by atoms with E-state index < -0.39 is 0 Å². The van der Waals surface area contributed by atoms with Crippen molar-refractivity contribution in [2.75, 3.05) is 4.90 Å². The van der Waals surface area contributed by atoms with Crippen LogP contribution in [0, 0.1) is 0 Å². The molecule has 0 saturated carbocycles. The van der Waals surface area contributed by atoms with Crippen molar-refractivity contribution in [3.05, 3.63) is 50.6 Å². The molecule has 2 rings (SSSR count). The molecule has 0 bridgehead atoms. The van der Waals surface area contributed by atoms with Crippen LogP contribution in [0.4, 0.5) is 5.69 Å². The molecule has 4 heteroatoms. The number of thiophene rings is 1. The molecule has 1 atom stereocenters. The van der Waals surface area contributed by atoms with Crippen molar-refractivity contribution in [2.24, 2.45) is 5.73 Å². The van der Waals surface area contributed by atoms with Gasteiger partial charge in [0.05, 0.1) is 12.2 Å². The largest absolute Gasteiger partial charge is 0.363 e. The third-order valence-electron chi connectivity index (χ3n) is 3.41. The maximum Gasteiger partial charge on any atom is 0.0526 e. The van der Waals surface area contributed by atoms with Crippen molar-refractivity contribution in [1.29, 1.82) is 0 Å². The summed E-state index contributed by atoms with van der Waals surface area (Å²) in [4.78, 5) is 3.81. The van der Waals surface area contributed by atoms with Gasteiger partial charge < -0.3 is 10.6 Å². The highest BCUT2D eigenvalue weighted by Crippen LogP contribution is 2.31. The predicted molar refractivity (Wildman–Crippen MR) is 97.1 cm³/mol. The van der Waals surface area contributed by atoms with Crippen LogP contribution in [0.15, 0.2) is 40.2 Å². The third kappa shape index (κ3) is 4.56. The van der Waals surface area contributed by atoms with Crippen molar-refractivity contribution >= 4 is 33.0 Å². The molecule has 0 saturated heterocycles. The summed E-state index contributed by atoms with van der Waals surface area (Å²) in [6.45, 7) is 7.45. The monoisotopic (exact) mass is 366 g/mol. The van der Waals surface area contributed by atoms with Crippen LogP contribution in [0.3, 0.4) is 0 Å². The summed E-state index contributed by atoms with van der Waals surface area (Å²) in [6.07, 6.45) is 0.908. The predicted octanol–water partition coefficient (Wildman–Crippen LogP) is 4.82. The maximum atomic E-state index is 5.89. The van der Waals surface area contributed by atoms with Gasteiger partial charge >= 0.3 is 0 Å². The highest BCUT2D eigenvalue weighted by molar-refractivity contribution is 9.10. The molecule has 0 fully saturated rings. The lowest BCUT2D eigenvalue weighted by molar-refractivity contribution is 0.685. The Hall–Kier alpha value is -0.840. The first-order valence-electron chi connectivity index (χ1n) is 7.30. The van der Waals surface area contributed by atoms with Gasteiger partial charge in [-0.3, -0.25) is 0 Å². The maximum absolute atomic E-state index is 5.89. The smallest absolute Gasteiger partial charge is 0.0526 e. The molecule has 1 aromatic carbocycles. The molecule has 0 radical (unpaired) electrons. The molecule has 0 amide bonds. The summed E-state index contributed by atoms with van der Waals surface area (Å²) in [5.41, 5.74) is 8.41. The van der Waals surface area contributed by atoms with Crippen molar-refractivity contribution in [3.8, 4) is 0 Å². The van der Waals surface area contributed by atoms with E-state index in [1.165, 1.54) is 16.1 Å². The molecule has 2 N–H and O–H groups in total. The van der Waals surface area contributed by atoms with E-state index in [0.29, 0.717) is 6.04 Å². The molecule has 0 aliphatic heterocycles. The van der Waals surface area contributed by atoms with Gasteiger partial charge in [0.1, 0.15) is 0 Å². The van der Waals surface area contributed by atoms with E-state index in [0.717, 1.165) is 17.4 Å². The van der Waals surface area contributed by atoms with Gasteiger partial charge in [-0.25, -0.2) is 0 Å². The van der Waals surface area contributed by atoms with E-state index >= 15 is 0 Å². The van der Waals surface area contributed by atoms with Crippen LogP contribution in [0.2, 0.25) is 0 Å². The molecule has 21 heavy (non-hydrogen) atoms. The number of halogens is 1. The number of nitrogens with two attached hydrogens (primary N) is 1. The van der Waals surface area contributed by atoms with Gasteiger partial charge in [0.15, 0.2) is 0 Å². The summed E-state index contributed by atoms with van der Waals surface area (Å²) < 4.78 is 1.14. The van der Waals surface area contributed by atoms with Gasteiger partial charge in [0.2, 0.25) is 0 Å². The summed E-state index contributed by atoms with van der Waals surface area (Å²) in [5, 5.41) is 2.13. The second-order valence-electron chi connectivity index (χ2n) is 5.77. The first-order chi connectivity index (χ1) is 9.97. The minimum absolute atomic E-state index is 0.190. The fourth-order valence-electron chi connectivity index (χ4n) is 2.40. The minimum Gasteiger partial charge on any atom is -0.363 e. The first-order valence-corrected chi connectivity index (χ1v) is 8.97. The van der Waals surface area contributed by atoms with Crippen molar-refractivity contribution < 1.29 is 0 Å². The lowest BCUT2D eigenvalue weighted by Gasteiger charge is -2.30. The zero-order valence-electron chi connectivity index (χ0n) is 12.8. The quantitative estimate of drug-likeness (QED) is 0.794. The molecule has 0 aliphatic rings. The van der Waals surface area contributed by atoms with Crippen molar-refractivity contribution in [3.63, 3.8) is 0 Å². The van der Waals surface area contributed by atoms with Crippen molar-refractivity contribution in [2.45, 2.75) is 45.8 Å². The third-order valence-corrected chi connectivity index (χ3v) is 4.91. The number of benzene rings is 1. The Balaban J connectivity index is 2.24. The van der Waals surface area contributed by atoms with Crippen LogP contribution < -0.4 is 10.6 Å². The van der Waals surface area contributed by atoms with Gasteiger partial charge in [0.25, 0.3) is 0 Å². The number of nitrogens with zero attached hydrogens (tertiary/aromatic N) is 1. The van der Waals surface area contributed by atoms with Gasteiger partial charge in [0, 0.05) is 21.4 Å².